The predicted octanol–water partition coefficient (Wildman–Crippen LogP) is 3.93. The number of hydrogen-bond acceptors (Lipinski definition) is 4. The van der Waals surface area contributed by atoms with Crippen molar-refractivity contribution in [3.63, 3.8) is 0 Å². The molecule has 1 unspecified atom stereocenters. The summed E-state index contributed by atoms with van der Waals surface area (Å²) >= 11 is 1.49. The quantitative estimate of drug-likeness (QED) is 0.689. The highest BCUT2D eigenvalue weighted by molar-refractivity contribution is 8.00. The lowest BCUT2D eigenvalue weighted by atomic mass is 10.1. The Bertz CT molecular complexity index is 676. The number of hydrogen-bond donors (Lipinski definition) is 1. The van der Waals surface area contributed by atoms with Crippen LogP contribution < -0.4 is 14.8 Å². The van der Waals surface area contributed by atoms with Gasteiger partial charge in [-0.1, -0.05) is 30.3 Å². The average Bonchev–Trinajstić information content (AvgIpc) is 2.65. The number of benzene rings is 2. The van der Waals surface area contributed by atoms with E-state index in [0.29, 0.717) is 17.3 Å². The Morgan fingerprint density at radius 3 is 2.48 bits per heavy atom. The van der Waals surface area contributed by atoms with Gasteiger partial charge in [0.1, 0.15) is 0 Å². The second-order valence-corrected chi connectivity index (χ2v) is 6.85. The largest absolute Gasteiger partial charge is 0.493 e. The first kappa shape index (κ1) is 19.2. The first-order valence-corrected chi connectivity index (χ1v) is 9.29. The Morgan fingerprint density at radius 1 is 1.08 bits per heavy atom. The summed E-state index contributed by atoms with van der Waals surface area (Å²) in [6.07, 6.45) is 1.89. The Hall–Kier alpha value is -2.14. The van der Waals surface area contributed by atoms with Gasteiger partial charge < -0.3 is 14.8 Å². The molecule has 2 aromatic rings. The molecule has 5 heteroatoms. The van der Waals surface area contributed by atoms with Gasteiger partial charge in [-0.3, -0.25) is 4.79 Å². The van der Waals surface area contributed by atoms with Gasteiger partial charge in [0, 0.05) is 10.9 Å². The van der Waals surface area contributed by atoms with Gasteiger partial charge in [-0.05, 0) is 43.5 Å². The fourth-order valence-corrected chi connectivity index (χ4v) is 3.21. The monoisotopic (exact) mass is 359 g/mol. The molecule has 25 heavy (non-hydrogen) atoms. The van der Waals surface area contributed by atoms with Gasteiger partial charge in [0.15, 0.2) is 11.5 Å². The Kier molecular flexibility index (Phi) is 7.67. The number of nitrogens with one attached hydrogen (secondary N) is 1. The van der Waals surface area contributed by atoms with E-state index in [4.69, 9.17) is 9.47 Å². The van der Waals surface area contributed by atoms with Crippen LogP contribution in [0.25, 0.3) is 0 Å². The summed E-state index contributed by atoms with van der Waals surface area (Å²) in [4.78, 5) is 13.1. The number of methoxy groups -OCH3 is 2. The van der Waals surface area contributed by atoms with Crippen molar-refractivity contribution >= 4 is 17.7 Å². The molecule has 0 aliphatic rings. The molecule has 134 valence electrons. The van der Waals surface area contributed by atoms with Gasteiger partial charge in [0.25, 0.3) is 0 Å². The summed E-state index contributed by atoms with van der Waals surface area (Å²) in [5.74, 6) is 1.78. The molecule has 0 aliphatic carbocycles. The normalized spacial score (nSPS) is 11.6. The lowest BCUT2D eigenvalue weighted by Gasteiger charge is -2.14. The SMILES string of the molecule is COc1ccc(SCC(=O)NC(C)CCc2ccccc2)cc1OC. The number of carbonyl (C=O) groups is 1. The molecule has 0 aromatic heterocycles. The molecular weight excluding hydrogens is 334 g/mol. The van der Waals surface area contributed by atoms with Gasteiger partial charge in [0.2, 0.25) is 5.91 Å². The highest BCUT2D eigenvalue weighted by Crippen LogP contribution is 2.31. The summed E-state index contributed by atoms with van der Waals surface area (Å²) in [5.41, 5.74) is 1.29. The van der Waals surface area contributed by atoms with Crippen LogP contribution in [-0.4, -0.2) is 31.9 Å². The number of rotatable bonds is 9. The van der Waals surface area contributed by atoms with Crippen LogP contribution in [0.5, 0.6) is 11.5 Å². The van der Waals surface area contributed by atoms with E-state index in [1.165, 1.54) is 17.3 Å². The van der Waals surface area contributed by atoms with Crippen molar-refractivity contribution in [2.45, 2.75) is 30.7 Å². The van der Waals surface area contributed by atoms with Crippen molar-refractivity contribution in [2.24, 2.45) is 0 Å². The number of thioether (sulfide) groups is 1. The zero-order chi connectivity index (χ0) is 18.1. The Balaban J connectivity index is 1.76. The third-order valence-electron chi connectivity index (χ3n) is 3.84. The van der Waals surface area contributed by atoms with Crippen LogP contribution in [0.2, 0.25) is 0 Å². The topological polar surface area (TPSA) is 47.6 Å². The van der Waals surface area contributed by atoms with E-state index in [1.54, 1.807) is 14.2 Å². The van der Waals surface area contributed by atoms with E-state index in [2.05, 4.69) is 17.4 Å². The van der Waals surface area contributed by atoms with Crippen molar-refractivity contribution in [1.29, 1.82) is 0 Å². The van der Waals surface area contributed by atoms with Crippen LogP contribution in [-0.2, 0) is 11.2 Å². The van der Waals surface area contributed by atoms with Crippen molar-refractivity contribution in [3.05, 3.63) is 54.1 Å². The maximum absolute atomic E-state index is 12.1. The van der Waals surface area contributed by atoms with Crippen LogP contribution in [0.4, 0.5) is 0 Å². The fourth-order valence-electron chi connectivity index (χ4n) is 2.47. The summed E-state index contributed by atoms with van der Waals surface area (Å²) in [6, 6.07) is 16.1. The van der Waals surface area contributed by atoms with Crippen molar-refractivity contribution in [3.8, 4) is 11.5 Å². The molecule has 0 saturated carbocycles. The molecule has 1 atom stereocenters. The van der Waals surface area contributed by atoms with E-state index in [9.17, 15) is 4.79 Å². The van der Waals surface area contributed by atoms with Crippen molar-refractivity contribution in [2.75, 3.05) is 20.0 Å². The van der Waals surface area contributed by atoms with Crippen molar-refractivity contribution < 1.29 is 14.3 Å². The van der Waals surface area contributed by atoms with Gasteiger partial charge in [0.05, 0.1) is 20.0 Å². The Labute approximate surface area is 153 Å². The molecule has 0 aliphatic heterocycles. The summed E-state index contributed by atoms with van der Waals surface area (Å²) in [5, 5.41) is 3.06. The molecule has 0 heterocycles. The van der Waals surface area contributed by atoms with E-state index >= 15 is 0 Å². The van der Waals surface area contributed by atoms with Gasteiger partial charge in [-0.2, -0.15) is 0 Å². The average molecular weight is 359 g/mol. The second-order valence-electron chi connectivity index (χ2n) is 5.80. The van der Waals surface area contributed by atoms with Crippen LogP contribution >= 0.6 is 11.8 Å². The minimum atomic E-state index is 0.0420. The van der Waals surface area contributed by atoms with E-state index < -0.39 is 0 Å². The van der Waals surface area contributed by atoms with Crippen LogP contribution in [0.3, 0.4) is 0 Å². The molecule has 0 radical (unpaired) electrons. The third-order valence-corrected chi connectivity index (χ3v) is 4.83. The predicted molar refractivity (Wildman–Crippen MR) is 103 cm³/mol. The van der Waals surface area contributed by atoms with E-state index in [-0.39, 0.29) is 11.9 Å². The summed E-state index contributed by atoms with van der Waals surface area (Å²) in [6.45, 7) is 2.04. The fraction of sp³-hybridized carbons (Fsp3) is 0.350. The summed E-state index contributed by atoms with van der Waals surface area (Å²) in [7, 11) is 3.21. The molecule has 4 nitrogen and oxygen atoms in total. The zero-order valence-electron chi connectivity index (χ0n) is 15.0. The van der Waals surface area contributed by atoms with Crippen LogP contribution in [0.1, 0.15) is 18.9 Å². The van der Waals surface area contributed by atoms with E-state index in [1.807, 2.05) is 43.3 Å². The molecular formula is C20H25NO3S. The van der Waals surface area contributed by atoms with Gasteiger partial charge >= 0.3 is 0 Å². The van der Waals surface area contributed by atoms with Gasteiger partial charge in [-0.15, -0.1) is 11.8 Å². The molecule has 0 spiro atoms. The number of aryl methyl sites for hydroxylation is 1. The van der Waals surface area contributed by atoms with E-state index in [0.717, 1.165) is 17.7 Å². The Morgan fingerprint density at radius 2 is 1.80 bits per heavy atom. The number of carbonyl (C=O) groups excluding carboxylic acids is 1. The molecule has 1 amide bonds. The lowest BCUT2D eigenvalue weighted by molar-refractivity contribution is -0.119. The maximum atomic E-state index is 12.1. The second kappa shape index (κ2) is 9.99. The summed E-state index contributed by atoms with van der Waals surface area (Å²) < 4.78 is 10.5. The molecule has 2 aromatic carbocycles. The first-order chi connectivity index (χ1) is 12.1. The lowest BCUT2D eigenvalue weighted by Crippen LogP contribution is -2.34. The van der Waals surface area contributed by atoms with Crippen molar-refractivity contribution in [1.82, 2.24) is 5.32 Å². The smallest absolute Gasteiger partial charge is 0.230 e. The third kappa shape index (κ3) is 6.35. The minimum absolute atomic E-state index is 0.0420. The highest BCUT2D eigenvalue weighted by Gasteiger charge is 2.10. The minimum Gasteiger partial charge on any atom is -0.493 e. The highest BCUT2D eigenvalue weighted by atomic mass is 32.2. The maximum Gasteiger partial charge on any atom is 0.230 e. The number of amides is 1. The zero-order valence-corrected chi connectivity index (χ0v) is 15.8. The molecule has 0 bridgehead atoms. The van der Waals surface area contributed by atoms with Crippen LogP contribution in [0, 0.1) is 0 Å². The molecule has 0 saturated heterocycles. The molecule has 1 N–H and O–H groups in total. The number of ether oxygens (including phenoxy) is 2. The molecule has 2 rings (SSSR count). The first-order valence-electron chi connectivity index (χ1n) is 8.30. The standard InChI is InChI=1S/C20H25NO3S/c1-15(9-10-16-7-5-4-6-8-16)21-20(22)14-25-17-11-12-18(23-2)19(13-17)24-3/h4-8,11-13,15H,9-10,14H2,1-3H3,(H,21,22). The van der Waals surface area contributed by atoms with Crippen LogP contribution in [0.15, 0.2) is 53.4 Å². The van der Waals surface area contributed by atoms with Gasteiger partial charge in [-0.25, -0.2) is 0 Å². The molecule has 0 fully saturated rings.